The van der Waals surface area contributed by atoms with E-state index in [1.807, 2.05) is 43.3 Å². The Hall–Kier alpha value is -2.64. The Balaban J connectivity index is 2.15. The summed E-state index contributed by atoms with van der Waals surface area (Å²) in [6.07, 6.45) is 0. The summed E-state index contributed by atoms with van der Waals surface area (Å²) in [5.74, 6) is 0.327. The van der Waals surface area contributed by atoms with Crippen LogP contribution in [0.3, 0.4) is 0 Å². The van der Waals surface area contributed by atoms with Gasteiger partial charge in [-0.05, 0) is 43.9 Å². The second-order valence-corrected chi connectivity index (χ2v) is 6.30. The molecule has 0 fully saturated rings. The van der Waals surface area contributed by atoms with Crippen LogP contribution in [0.25, 0.3) is 0 Å². The van der Waals surface area contributed by atoms with Crippen molar-refractivity contribution >= 4 is 23.2 Å². The summed E-state index contributed by atoms with van der Waals surface area (Å²) in [5, 5.41) is 13.8. The molecule has 138 valence electrons. The van der Waals surface area contributed by atoms with Crippen molar-refractivity contribution < 1.29 is 14.5 Å². The summed E-state index contributed by atoms with van der Waals surface area (Å²) in [4.78, 5) is 24.7. The molecule has 1 atom stereocenters. The topological polar surface area (TPSA) is 84.7 Å². The fourth-order valence-electron chi connectivity index (χ4n) is 2.53. The molecule has 0 saturated carbocycles. The molecule has 0 saturated heterocycles. The number of rotatable bonds is 7. The number of amides is 1. The van der Waals surface area contributed by atoms with Crippen molar-refractivity contribution in [2.75, 3.05) is 27.7 Å². The van der Waals surface area contributed by atoms with Gasteiger partial charge in [0.15, 0.2) is 0 Å². The summed E-state index contributed by atoms with van der Waals surface area (Å²) in [6.45, 7) is 0.329. The quantitative estimate of drug-likeness (QED) is 0.591. The van der Waals surface area contributed by atoms with Gasteiger partial charge in [0.1, 0.15) is 10.8 Å². The molecule has 26 heavy (non-hydrogen) atoms. The average Bonchev–Trinajstić information content (AvgIpc) is 2.61. The van der Waals surface area contributed by atoms with E-state index in [0.717, 1.165) is 11.3 Å². The highest BCUT2D eigenvalue weighted by molar-refractivity contribution is 6.32. The van der Waals surface area contributed by atoms with Gasteiger partial charge in [0, 0.05) is 18.2 Å². The lowest BCUT2D eigenvalue weighted by Crippen LogP contribution is -2.34. The summed E-state index contributed by atoms with van der Waals surface area (Å²) >= 11 is 5.78. The van der Waals surface area contributed by atoms with E-state index in [0.29, 0.717) is 6.54 Å². The second kappa shape index (κ2) is 8.64. The molecule has 8 heteroatoms. The third kappa shape index (κ3) is 4.71. The Morgan fingerprint density at radius 2 is 2.04 bits per heavy atom. The number of nitrogens with one attached hydrogen (secondary N) is 1. The summed E-state index contributed by atoms with van der Waals surface area (Å²) < 4.78 is 5.24. The van der Waals surface area contributed by atoms with Crippen LogP contribution in [0.15, 0.2) is 42.5 Å². The number of likely N-dealkylation sites (N-methyl/N-ethyl adjacent to an activating group) is 1. The van der Waals surface area contributed by atoms with Crippen LogP contribution in [0.5, 0.6) is 5.75 Å². The van der Waals surface area contributed by atoms with Crippen LogP contribution in [-0.2, 0) is 0 Å². The third-order valence-corrected chi connectivity index (χ3v) is 4.28. The maximum absolute atomic E-state index is 12.4. The zero-order chi connectivity index (χ0) is 19.3. The lowest BCUT2D eigenvalue weighted by molar-refractivity contribution is -0.384. The summed E-state index contributed by atoms with van der Waals surface area (Å²) in [7, 11) is 5.41. The number of halogens is 1. The maximum atomic E-state index is 12.4. The molecule has 0 unspecified atom stereocenters. The smallest absolute Gasteiger partial charge is 0.288 e. The van der Waals surface area contributed by atoms with Gasteiger partial charge in [-0.3, -0.25) is 14.9 Å². The van der Waals surface area contributed by atoms with Crippen molar-refractivity contribution in [1.82, 2.24) is 10.2 Å². The number of hydrogen-bond donors (Lipinski definition) is 1. The first-order valence-electron chi connectivity index (χ1n) is 7.86. The summed E-state index contributed by atoms with van der Waals surface area (Å²) in [6, 6.07) is 11.5. The van der Waals surface area contributed by atoms with Crippen LogP contribution < -0.4 is 10.1 Å². The highest BCUT2D eigenvalue weighted by Crippen LogP contribution is 2.25. The molecule has 0 heterocycles. The van der Waals surface area contributed by atoms with Crippen LogP contribution in [-0.4, -0.2) is 43.5 Å². The van der Waals surface area contributed by atoms with E-state index in [2.05, 4.69) is 5.32 Å². The minimum atomic E-state index is -0.613. The molecule has 0 aliphatic carbocycles. The van der Waals surface area contributed by atoms with Crippen LogP contribution in [0, 0.1) is 10.1 Å². The number of nitrogens with zero attached hydrogens (tertiary/aromatic N) is 2. The van der Waals surface area contributed by atoms with E-state index in [-0.39, 0.29) is 22.3 Å². The zero-order valence-electron chi connectivity index (χ0n) is 14.7. The van der Waals surface area contributed by atoms with Crippen LogP contribution in [0.1, 0.15) is 22.0 Å². The molecule has 0 bridgehead atoms. The van der Waals surface area contributed by atoms with Crippen LogP contribution in [0.2, 0.25) is 5.02 Å². The Labute approximate surface area is 156 Å². The monoisotopic (exact) mass is 377 g/mol. The zero-order valence-corrected chi connectivity index (χ0v) is 15.5. The number of methoxy groups -OCH3 is 1. The Morgan fingerprint density at radius 1 is 1.31 bits per heavy atom. The Kier molecular flexibility index (Phi) is 6.54. The predicted octanol–water partition coefficient (Wildman–Crippen LogP) is 3.29. The van der Waals surface area contributed by atoms with E-state index >= 15 is 0 Å². The van der Waals surface area contributed by atoms with Crippen molar-refractivity contribution in [1.29, 1.82) is 0 Å². The number of nitro groups is 1. The van der Waals surface area contributed by atoms with Crippen LogP contribution >= 0.6 is 11.6 Å². The van der Waals surface area contributed by atoms with Gasteiger partial charge in [-0.25, -0.2) is 0 Å². The molecule has 0 spiro atoms. The number of ether oxygens (including phenoxy) is 1. The highest BCUT2D eigenvalue weighted by Gasteiger charge is 2.19. The first-order chi connectivity index (χ1) is 12.3. The number of benzene rings is 2. The van der Waals surface area contributed by atoms with E-state index in [1.54, 1.807) is 7.11 Å². The lowest BCUT2D eigenvalue weighted by Gasteiger charge is -2.25. The first-order valence-corrected chi connectivity index (χ1v) is 8.23. The second-order valence-electron chi connectivity index (χ2n) is 5.89. The van der Waals surface area contributed by atoms with Gasteiger partial charge in [-0.1, -0.05) is 23.7 Å². The maximum Gasteiger partial charge on any atom is 0.288 e. The van der Waals surface area contributed by atoms with Gasteiger partial charge >= 0.3 is 0 Å². The van der Waals surface area contributed by atoms with E-state index in [4.69, 9.17) is 16.3 Å². The standard InChI is InChI=1S/C18H20ClN3O4/c1-21(2)17(12-5-4-6-14(9-12)26-3)11-20-18(23)13-7-8-15(19)16(10-13)22(24)25/h4-10,17H,11H2,1-3H3,(H,20,23)/t17-/m1/s1. The van der Waals surface area contributed by atoms with Crippen molar-refractivity contribution in [3.8, 4) is 5.75 Å². The fraction of sp³-hybridized carbons (Fsp3) is 0.278. The minimum absolute atomic E-state index is 0.00546. The van der Waals surface area contributed by atoms with Gasteiger partial charge in [0.05, 0.1) is 18.1 Å². The predicted molar refractivity (Wildman–Crippen MR) is 99.9 cm³/mol. The normalized spacial score (nSPS) is 11.9. The molecule has 2 aromatic rings. The lowest BCUT2D eigenvalue weighted by atomic mass is 10.1. The van der Waals surface area contributed by atoms with Crippen LogP contribution in [0.4, 0.5) is 5.69 Å². The molecular formula is C18H20ClN3O4. The van der Waals surface area contributed by atoms with Crippen molar-refractivity contribution in [2.45, 2.75) is 6.04 Å². The molecule has 7 nitrogen and oxygen atoms in total. The van der Waals surface area contributed by atoms with Gasteiger partial charge in [0.2, 0.25) is 0 Å². The van der Waals surface area contributed by atoms with Gasteiger partial charge in [-0.15, -0.1) is 0 Å². The molecule has 0 aliphatic heterocycles. The molecule has 0 radical (unpaired) electrons. The van der Waals surface area contributed by atoms with E-state index in [1.165, 1.54) is 18.2 Å². The number of carbonyl (C=O) groups excluding carboxylic acids is 1. The number of carbonyl (C=O) groups is 1. The first kappa shape index (κ1) is 19.7. The molecule has 0 aliphatic rings. The molecule has 0 aromatic heterocycles. The molecule has 1 amide bonds. The fourth-order valence-corrected chi connectivity index (χ4v) is 2.72. The number of nitro benzene ring substituents is 1. The van der Waals surface area contributed by atoms with Gasteiger partial charge in [-0.2, -0.15) is 0 Å². The largest absolute Gasteiger partial charge is 0.497 e. The van der Waals surface area contributed by atoms with E-state index in [9.17, 15) is 14.9 Å². The van der Waals surface area contributed by atoms with Crippen molar-refractivity contribution in [3.05, 3.63) is 68.7 Å². The Morgan fingerprint density at radius 3 is 2.65 bits per heavy atom. The van der Waals surface area contributed by atoms with Gasteiger partial charge < -0.3 is 15.0 Å². The molecule has 1 N–H and O–H groups in total. The minimum Gasteiger partial charge on any atom is -0.497 e. The molecule has 2 rings (SSSR count). The van der Waals surface area contributed by atoms with Crippen molar-refractivity contribution in [2.24, 2.45) is 0 Å². The van der Waals surface area contributed by atoms with E-state index < -0.39 is 10.8 Å². The Bertz CT molecular complexity index is 811. The average molecular weight is 378 g/mol. The summed E-state index contributed by atoms with van der Waals surface area (Å²) in [5.41, 5.74) is 0.872. The molecular weight excluding hydrogens is 358 g/mol. The SMILES string of the molecule is COc1cccc([C@@H](CNC(=O)c2ccc(Cl)c([N+](=O)[O-])c2)N(C)C)c1. The third-order valence-electron chi connectivity index (χ3n) is 3.96. The van der Waals surface area contributed by atoms with Crippen molar-refractivity contribution in [3.63, 3.8) is 0 Å². The highest BCUT2D eigenvalue weighted by atomic mass is 35.5. The molecule has 2 aromatic carbocycles. The number of hydrogen-bond acceptors (Lipinski definition) is 5. The van der Waals surface area contributed by atoms with Gasteiger partial charge in [0.25, 0.3) is 11.6 Å².